The molecule has 0 spiro atoms. The smallest absolute Gasteiger partial charge is 0.248 e. The summed E-state index contributed by atoms with van der Waals surface area (Å²) < 4.78 is 0. The fourth-order valence-electron chi connectivity index (χ4n) is 1.49. The molecule has 0 amide bonds. The van der Waals surface area contributed by atoms with Crippen LogP contribution in [0.15, 0.2) is 23.0 Å². The van der Waals surface area contributed by atoms with E-state index in [-0.39, 0.29) is 5.56 Å². The maximum atomic E-state index is 11.0. The predicted octanol–water partition coefficient (Wildman–Crippen LogP) is 1.54. The van der Waals surface area contributed by atoms with Crippen molar-refractivity contribution in [2.75, 3.05) is 0 Å². The highest BCUT2D eigenvalue weighted by Crippen LogP contribution is 2.13. The van der Waals surface area contributed by atoms with E-state index >= 15 is 0 Å². The molecule has 0 aliphatic carbocycles. The largest absolute Gasteiger partial charge is 0.322 e. The molecular weight excluding hydrogens is 164 g/mol. The van der Waals surface area contributed by atoms with Gasteiger partial charge in [0.25, 0.3) is 0 Å². The normalized spacial score (nSPS) is 10.6. The fraction of sp³-hybridized carbons (Fsp3) is 0.200. The molecule has 3 heteroatoms. The summed E-state index contributed by atoms with van der Waals surface area (Å²) in [6.07, 6.45) is 0. The Hall–Kier alpha value is -1.64. The van der Waals surface area contributed by atoms with Crippen LogP contribution in [-0.2, 0) is 0 Å². The van der Waals surface area contributed by atoms with Gasteiger partial charge in [-0.3, -0.25) is 9.78 Å². The topological polar surface area (TPSA) is 45.8 Å². The van der Waals surface area contributed by atoms with Crippen LogP contribution in [0.5, 0.6) is 0 Å². The van der Waals surface area contributed by atoms with E-state index < -0.39 is 0 Å². The quantitative estimate of drug-likeness (QED) is 0.658. The van der Waals surface area contributed by atoms with Gasteiger partial charge in [-0.25, -0.2) is 0 Å². The standard InChI is InChI=1S/C10H10N2O/c1-6-5-9-8(7(2)11-6)3-4-10(13)12-9/h3-5H,1-2H3,(H,12,13). The van der Waals surface area contributed by atoms with Gasteiger partial charge in [-0.1, -0.05) is 0 Å². The Bertz CT molecular complexity index is 514. The SMILES string of the molecule is Cc1cc2[nH]c(=O)ccc2c(C)n1. The third kappa shape index (κ3) is 1.33. The Morgan fingerprint density at radius 3 is 2.85 bits per heavy atom. The number of aryl methyl sites for hydroxylation is 2. The van der Waals surface area contributed by atoms with Gasteiger partial charge in [0, 0.05) is 22.8 Å². The molecule has 0 saturated heterocycles. The molecular formula is C10H10N2O. The minimum absolute atomic E-state index is 0.0718. The summed E-state index contributed by atoms with van der Waals surface area (Å²) in [4.78, 5) is 18.1. The average Bonchev–Trinajstić information content (AvgIpc) is 2.02. The van der Waals surface area contributed by atoms with Crippen LogP contribution in [-0.4, -0.2) is 9.97 Å². The zero-order valence-corrected chi connectivity index (χ0v) is 7.59. The Morgan fingerprint density at radius 1 is 1.31 bits per heavy atom. The van der Waals surface area contributed by atoms with Crippen molar-refractivity contribution in [2.24, 2.45) is 0 Å². The van der Waals surface area contributed by atoms with Gasteiger partial charge in [0.15, 0.2) is 0 Å². The maximum absolute atomic E-state index is 11.0. The van der Waals surface area contributed by atoms with Gasteiger partial charge in [0.2, 0.25) is 5.56 Å². The number of aromatic nitrogens is 2. The van der Waals surface area contributed by atoms with Gasteiger partial charge >= 0.3 is 0 Å². The van der Waals surface area contributed by atoms with Crippen molar-refractivity contribution in [1.82, 2.24) is 9.97 Å². The van der Waals surface area contributed by atoms with Gasteiger partial charge in [-0.05, 0) is 26.0 Å². The van der Waals surface area contributed by atoms with E-state index in [0.717, 1.165) is 22.3 Å². The van der Waals surface area contributed by atoms with Crippen molar-refractivity contribution in [3.8, 4) is 0 Å². The van der Waals surface area contributed by atoms with Gasteiger partial charge in [-0.2, -0.15) is 0 Å². The van der Waals surface area contributed by atoms with E-state index in [1.165, 1.54) is 6.07 Å². The summed E-state index contributed by atoms with van der Waals surface area (Å²) in [6, 6.07) is 5.20. The molecule has 0 saturated carbocycles. The third-order valence-electron chi connectivity index (χ3n) is 2.04. The first-order valence-corrected chi connectivity index (χ1v) is 4.14. The number of fused-ring (bicyclic) bond motifs is 1. The molecule has 0 radical (unpaired) electrons. The maximum Gasteiger partial charge on any atom is 0.248 e. The van der Waals surface area contributed by atoms with Crippen LogP contribution in [0, 0.1) is 13.8 Å². The number of nitrogens with zero attached hydrogens (tertiary/aromatic N) is 1. The zero-order chi connectivity index (χ0) is 9.42. The Morgan fingerprint density at radius 2 is 2.08 bits per heavy atom. The summed E-state index contributed by atoms with van der Waals surface area (Å²) in [6.45, 7) is 3.85. The molecule has 0 atom stereocenters. The van der Waals surface area contributed by atoms with Crippen molar-refractivity contribution in [2.45, 2.75) is 13.8 Å². The second kappa shape index (κ2) is 2.69. The van der Waals surface area contributed by atoms with Crippen LogP contribution in [0.4, 0.5) is 0 Å². The molecule has 13 heavy (non-hydrogen) atoms. The average molecular weight is 174 g/mol. The molecule has 0 aliphatic heterocycles. The molecule has 2 aromatic rings. The molecule has 0 bridgehead atoms. The highest BCUT2D eigenvalue weighted by atomic mass is 16.1. The highest BCUT2D eigenvalue weighted by Gasteiger charge is 1.99. The first-order chi connectivity index (χ1) is 6.16. The Labute approximate surface area is 75.4 Å². The molecule has 2 heterocycles. The minimum atomic E-state index is -0.0718. The fourth-order valence-corrected chi connectivity index (χ4v) is 1.49. The molecule has 3 nitrogen and oxygen atoms in total. The Kier molecular flexibility index (Phi) is 1.65. The van der Waals surface area contributed by atoms with Crippen LogP contribution >= 0.6 is 0 Å². The van der Waals surface area contributed by atoms with Crippen molar-refractivity contribution >= 4 is 10.9 Å². The van der Waals surface area contributed by atoms with E-state index in [1.54, 1.807) is 6.07 Å². The molecule has 0 aromatic carbocycles. The molecule has 1 N–H and O–H groups in total. The summed E-state index contributed by atoms with van der Waals surface area (Å²) in [5.74, 6) is 0. The first-order valence-electron chi connectivity index (χ1n) is 4.14. The highest BCUT2D eigenvalue weighted by molar-refractivity contribution is 5.80. The second-order valence-corrected chi connectivity index (χ2v) is 3.13. The lowest BCUT2D eigenvalue weighted by Gasteiger charge is -2.01. The molecule has 2 rings (SSSR count). The minimum Gasteiger partial charge on any atom is -0.322 e. The zero-order valence-electron chi connectivity index (χ0n) is 7.59. The summed E-state index contributed by atoms with van der Waals surface area (Å²) in [5, 5.41) is 1.00. The van der Waals surface area contributed by atoms with Crippen molar-refractivity contribution in [1.29, 1.82) is 0 Å². The second-order valence-electron chi connectivity index (χ2n) is 3.13. The molecule has 0 aliphatic rings. The lowest BCUT2D eigenvalue weighted by atomic mass is 10.2. The van der Waals surface area contributed by atoms with E-state index in [2.05, 4.69) is 9.97 Å². The molecule has 0 unspecified atom stereocenters. The number of nitrogens with one attached hydrogen (secondary N) is 1. The van der Waals surface area contributed by atoms with E-state index in [1.807, 2.05) is 19.9 Å². The van der Waals surface area contributed by atoms with Gasteiger partial charge in [0.05, 0.1) is 5.52 Å². The van der Waals surface area contributed by atoms with E-state index in [9.17, 15) is 4.79 Å². The van der Waals surface area contributed by atoms with Crippen LogP contribution in [0.2, 0.25) is 0 Å². The number of rotatable bonds is 0. The van der Waals surface area contributed by atoms with Crippen molar-refractivity contribution < 1.29 is 0 Å². The predicted molar refractivity (Wildman–Crippen MR) is 51.8 cm³/mol. The molecule has 2 aromatic heterocycles. The van der Waals surface area contributed by atoms with Crippen LogP contribution in [0.3, 0.4) is 0 Å². The van der Waals surface area contributed by atoms with Gasteiger partial charge in [-0.15, -0.1) is 0 Å². The number of H-pyrrole nitrogens is 1. The Balaban J connectivity index is 2.94. The summed E-state index contributed by atoms with van der Waals surface area (Å²) in [7, 11) is 0. The monoisotopic (exact) mass is 174 g/mol. The third-order valence-corrected chi connectivity index (χ3v) is 2.04. The van der Waals surface area contributed by atoms with Crippen LogP contribution < -0.4 is 5.56 Å². The van der Waals surface area contributed by atoms with Crippen LogP contribution in [0.25, 0.3) is 10.9 Å². The summed E-state index contributed by atoms with van der Waals surface area (Å²) >= 11 is 0. The lowest BCUT2D eigenvalue weighted by Crippen LogP contribution is -2.03. The molecule has 0 fully saturated rings. The van der Waals surface area contributed by atoms with Gasteiger partial charge < -0.3 is 4.98 Å². The van der Waals surface area contributed by atoms with Crippen molar-refractivity contribution in [3.63, 3.8) is 0 Å². The number of pyridine rings is 2. The number of hydrogen-bond donors (Lipinski definition) is 1. The van der Waals surface area contributed by atoms with E-state index in [4.69, 9.17) is 0 Å². The number of aromatic amines is 1. The van der Waals surface area contributed by atoms with Crippen molar-refractivity contribution in [3.05, 3.63) is 39.9 Å². The van der Waals surface area contributed by atoms with E-state index in [0.29, 0.717) is 0 Å². The summed E-state index contributed by atoms with van der Waals surface area (Å²) in [5.41, 5.74) is 2.66. The first kappa shape index (κ1) is 7.98. The lowest BCUT2D eigenvalue weighted by molar-refractivity contribution is 1.14. The van der Waals surface area contributed by atoms with Crippen LogP contribution in [0.1, 0.15) is 11.4 Å². The number of hydrogen-bond acceptors (Lipinski definition) is 2. The molecule has 66 valence electrons. The van der Waals surface area contributed by atoms with Gasteiger partial charge in [0.1, 0.15) is 0 Å².